The second-order valence-corrected chi connectivity index (χ2v) is 10.2. The van der Waals surface area contributed by atoms with Gasteiger partial charge in [-0.3, -0.25) is 0 Å². The molecule has 0 saturated heterocycles. The molecule has 0 radical (unpaired) electrons. The van der Waals surface area contributed by atoms with Gasteiger partial charge in [0.25, 0.3) is 0 Å². The molecule has 0 amide bonds. The summed E-state index contributed by atoms with van der Waals surface area (Å²) in [6.45, 7) is 6.01. The topological polar surface area (TPSA) is 27.7 Å². The van der Waals surface area contributed by atoms with Crippen molar-refractivity contribution in [3.05, 3.63) is 60.7 Å². The van der Waals surface area contributed by atoms with Gasteiger partial charge >= 0.3 is 0 Å². The predicted octanol–water partition coefficient (Wildman–Crippen LogP) is 10.9. The maximum atomic E-state index is 6.27. The summed E-state index contributed by atoms with van der Waals surface area (Å²) >= 11 is 0. The van der Waals surface area contributed by atoms with E-state index in [9.17, 15) is 0 Å². The van der Waals surface area contributed by atoms with E-state index in [1.807, 2.05) is 30.3 Å². The molecule has 0 N–H and O–H groups in total. The first-order valence-electron chi connectivity index (χ1n) is 14.9. The first kappa shape index (κ1) is 28.9. The van der Waals surface area contributed by atoms with Gasteiger partial charge in [-0.2, -0.15) is 0 Å². The van der Waals surface area contributed by atoms with Crippen LogP contribution in [0.15, 0.2) is 60.7 Å². The molecule has 3 heteroatoms. The van der Waals surface area contributed by atoms with E-state index in [0.717, 1.165) is 53.2 Å². The molecule has 0 bridgehead atoms. The van der Waals surface area contributed by atoms with E-state index in [1.54, 1.807) is 0 Å². The van der Waals surface area contributed by atoms with Crippen LogP contribution in [0.2, 0.25) is 0 Å². The van der Waals surface area contributed by atoms with Crippen LogP contribution < -0.4 is 14.2 Å². The highest BCUT2D eigenvalue weighted by atomic mass is 16.5. The van der Waals surface area contributed by atoms with Crippen molar-refractivity contribution in [3.63, 3.8) is 0 Å². The van der Waals surface area contributed by atoms with E-state index in [0.29, 0.717) is 6.61 Å². The quantitative estimate of drug-likeness (QED) is 0.143. The molecular weight excluding hydrogens is 456 g/mol. The van der Waals surface area contributed by atoms with Gasteiger partial charge in [0, 0.05) is 0 Å². The van der Waals surface area contributed by atoms with Gasteiger partial charge in [-0.1, -0.05) is 115 Å². The molecule has 37 heavy (non-hydrogen) atoms. The summed E-state index contributed by atoms with van der Waals surface area (Å²) in [5.74, 6) is 3.29. The van der Waals surface area contributed by atoms with Crippen molar-refractivity contribution >= 4 is 10.8 Å². The highest BCUT2D eigenvalue weighted by Crippen LogP contribution is 2.37. The second kappa shape index (κ2) is 17.7. The summed E-state index contributed by atoms with van der Waals surface area (Å²) in [5, 5.41) is 2.24. The summed E-state index contributed by atoms with van der Waals surface area (Å²) in [7, 11) is 0. The number of hydrogen-bond acceptors (Lipinski definition) is 3. The van der Waals surface area contributed by atoms with Crippen LogP contribution in [0.25, 0.3) is 10.8 Å². The van der Waals surface area contributed by atoms with Crippen LogP contribution >= 0.6 is 0 Å². The third-order valence-electron chi connectivity index (χ3n) is 6.87. The largest absolute Gasteiger partial charge is 0.494 e. The van der Waals surface area contributed by atoms with Crippen molar-refractivity contribution in [1.29, 1.82) is 0 Å². The van der Waals surface area contributed by atoms with Crippen LogP contribution in [0.1, 0.15) is 104 Å². The Morgan fingerprint density at radius 1 is 0.459 bits per heavy atom. The molecule has 0 atom stereocenters. The molecule has 0 fully saturated rings. The maximum Gasteiger partial charge on any atom is 0.169 e. The van der Waals surface area contributed by atoms with E-state index < -0.39 is 0 Å². The van der Waals surface area contributed by atoms with Crippen molar-refractivity contribution in [1.82, 2.24) is 0 Å². The van der Waals surface area contributed by atoms with Crippen LogP contribution in [0.5, 0.6) is 23.0 Å². The number of rotatable bonds is 20. The van der Waals surface area contributed by atoms with E-state index in [-0.39, 0.29) is 0 Å². The summed E-state index contributed by atoms with van der Waals surface area (Å²) in [6, 6.07) is 20.4. The minimum Gasteiger partial charge on any atom is -0.494 e. The number of ether oxygens (including phenoxy) is 3. The Balaban J connectivity index is 1.58. The van der Waals surface area contributed by atoms with E-state index >= 15 is 0 Å². The van der Waals surface area contributed by atoms with Gasteiger partial charge in [0.1, 0.15) is 11.5 Å². The number of unbranched alkanes of at least 4 members (excludes halogenated alkanes) is 12. The molecule has 3 nitrogen and oxygen atoms in total. The lowest BCUT2D eigenvalue weighted by Crippen LogP contribution is -2.00. The first-order valence-corrected chi connectivity index (χ1v) is 14.9. The summed E-state index contributed by atoms with van der Waals surface area (Å²) in [5.41, 5.74) is 0. The summed E-state index contributed by atoms with van der Waals surface area (Å²) in [4.78, 5) is 0. The van der Waals surface area contributed by atoms with Gasteiger partial charge in [-0.25, -0.2) is 0 Å². The number of hydrogen-bond donors (Lipinski definition) is 0. The number of benzene rings is 3. The zero-order chi connectivity index (χ0) is 26.0. The molecule has 3 aromatic carbocycles. The fourth-order valence-corrected chi connectivity index (χ4v) is 4.62. The Morgan fingerprint density at radius 2 is 1.03 bits per heavy atom. The van der Waals surface area contributed by atoms with Crippen molar-refractivity contribution in [2.75, 3.05) is 13.2 Å². The number of para-hydroxylation sites is 1. The molecule has 0 heterocycles. The Labute approximate surface area is 225 Å². The van der Waals surface area contributed by atoms with Gasteiger partial charge in [-0.05, 0) is 60.0 Å². The Morgan fingerprint density at radius 3 is 1.68 bits per heavy atom. The smallest absolute Gasteiger partial charge is 0.169 e. The molecular formula is C34H48O3. The molecule has 0 aromatic heterocycles. The van der Waals surface area contributed by atoms with Crippen molar-refractivity contribution in [2.24, 2.45) is 0 Å². The van der Waals surface area contributed by atoms with Crippen LogP contribution in [0, 0.1) is 0 Å². The third kappa shape index (κ3) is 11.1. The van der Waals surface area contributed by atoms with Gasteiger partial charge < -0.3 is 14.2 Å². The van der Waals surface area contributed by atoms with Crippen LogP contribution in [0.4, 0.5) is 0 Å². The number of fused-ring (bicyclic) bond motifs is 1. The lowest BCUT2D eigenvalue weighted by atomic mass is 10.1. The van der Waals surface area contributed by atoms with E-state index in [1.165, 1.54) is 77.0 Å². The van der Waals surface area contributed by atoms with Crippen molar-refractivity contribution < 1.29 is 14.2 Å². The zero-order valence-electron chi connectivity index (χ0n) is 23.3. The Kier molecular flexibility index (Phi) is 13.8. The maximum absolute atomic E-state index is 6.27. The molecule has 0 saturated carbocycles. The molecule has 0 aliphatic rings. The average molecular weight is 505 g/mol. The van der Waals surface area contributed by atoms with Crippen LogP contribution in [-0.2, 0) is 0 Å². The van der Waals surface area contributed by atoms with Gasteiger partial charge in [0.2, 0.25) is 0 Å². The molecule has 0 aliphatic heterocycles. The second-order valence-electron chi connectivity index (χ2n) is 10.2. The predicted molar refractivity (Wildman–Crippen MR) is 157 cm³/mol. The fourth-order valence-electron chi connectivity index (χ4n) is 4.62. The average Bonchev–Trinajstić information content (AvgIpc) is 2.92. The van der Waals surface area contributed by atoms with Gasteiger partial charge in [-0.15, -0.1) is 0 Å². The Hall–Kier alpha value is -2.68. The minimum atomic E-state index is 0.712. The molecule has 0 aliphatic carbocycles. The zero-order valence-corrected chi connectivity index (χ0v) is 23.3. The van der Waals surface area contributed by atoms with Gasteiger partial charge in [0.15, 0.2) is 11.5 Å². The molecule has 0 unspecified atom stereocenters. The van der Waals surface area contributed by atoms with Crippen molar-refractivity contribution in [3.8, 4) is 23.0 Å². The SMILES string of the molecule is CCCCCCCCCOc1ccc2cc(OCCCCCCCCC)c(Oc3ccccc3)cc2c1. The lowest BCUT2D eigenvalue weighted by molar-refractivity contribution is 0.291. The van der Waals surface area contributed by atoms with E-state index in [2.05, 4.69) is 44.2 Å². The highest BCUT2D eigenvalue weighted by molar-refractivity contribution is 5.87. The molecule has 0 spiro atoms. The first-order chi connectivity index (χ1) is 18.3. The molecule has 202 valence electrons. The van der Waals surface area contributed by atoms with Crippen LogP contribution in [0.3, 0.4) is 0 Å². The Bertz CT molecular complexity index is 999. The van der Waals surface area contributed by atoms with E-state index in [4.69, 9.17) is 14.2 Å². The normalized spacial score (nSPS) is 11.1. The molecule has 3 rings (SSSR count). The highest BCUT2D eigenvalue weighted by Gasteiger charge is 2.11. The third-order valence-corrected chi connectivity index (χ3v) is 6.87. The summed E-state index contributed by atoms with van der Waals surface area (Å²) < 4.78 is 18.6. The monoisotopic (exact) mass is 504 g/mol. The standard InChI is InChI=1S/C34H48O3/c1-3-5-7-9-11-13-18-24-35-32-23-22-29-27-33(36-25-19-14-12-10-8-6-4-2)34(28-30(29)26-32)37-31-20-16-15-17-21-31/h15-17,20-23,26-28H,3-14,18-19,24-25H2,1-2H3. The van der Waals surface area contributed by atoms with Crippen LogP contribution in [-0.4, -0.2) is 13.2 Å². The summed E-state index contributed by atoms with van der Waals surface area (Å²) in [6.07, 6.45) is 17.9. The molecule has 3 aromatic rings. The fraction of sp³-hybridized carbons (Fsp3) is 0.529. The van der Waals surface area contributed by atoms with Crippen molar-refractivity contribution in [2.45, 2.75) is 104 Å². The lowest BCUT2D eigenvalue weighted by Gasteiger charge is -2.15. The van der Waals surface area contributed by atoms with Gasteiger partial charge in [0.05, 0.1) is 13.2 Å². The minimum absolute atomic E-state index is 0.712.